The molecule has 0 bridgehead atoms. The second-order valence-corrected chi connectivity index (χ2v) is 21.6. The quantitative estimate of drug-likeness (QED) is 0.0451. The molecule has 0 saturated heterocycles. The molecule has 2 nitrogen and oxygen atoms in total. The molecule has 0 unspecified atom stereocenters. The minimum Gasteiger partial charge on any atom is -0.550 e. The van der Waals surface area contributed by atoms with E-state index < -0.39 is 5.97 Å². The van der Waals surface area contributed by atoms with Crippen LogP contribution in [0.15, 0.2) is 0 Å². The van der Waals surface area contributed by atoms with E-state index in [0.717, 1.165) is 12.8 Å². The number of hydrogen-bond acceptors (Lipinski definition) is 2. The number of rotatable bonds is 60. The van der Waals surface area contributed by atoms with Crippen molar-refractivity contribution in [1.82, 2.24) is 0 Å². The first-order chi connectivity index (χ1) is 31.8. The topological polar surface area (TPSA) is 40.1 Å². The van der Waals surface area contributed by atoms with Gasteiger partial charge in [0.2, 0.25) is 0 Å². The van der Waals surface area contributed by atoms with Gasteiger partial charge in [-0.15, -0.1) is 0 Å². The molecule has 384 valence electrons. The molecule has 0 aliphatic rings. The molecular weight excluding hydrogens is 784 g/mol. The molecule has 0 saturated carbocycles. The molecule has 0 heterocycles. The van der Waals surface area contributed by atoms with Gasteiger partial charge in [0.15, 0.2) is 0 Å². The number of hydrogen-bond donors (Lipinski definition) is 0. The SMILES string of the molecule is CCCCCCCCCCCCCCCCCCCCCCCCCCCCCCCCCCCCCCCCCCCCCCCCCCCCCCCCCCCCCC(=O)[O-].[Li+]. The first-order valence-electron chi connectivity index (χ1n) is 31.0. The van der Waals surface area contributed by atoms with Gasteiger partial charge in [-0.3, -0.25) is 0 Å². The average molecular weight is 908 g/mol. The van der Waals surface area contributed by atoms with E-state index in [4.69, 9.17) is 0 Å². The van der Waals surface area contributed by atoms with Gasteiger partial charge in [0.05, 0.1) is 0 Å². The Morgan fingerprint density at radius 3 is 0.385 bits per heavy atom. The molecule has 3 heteroatoms. The fourth-order valence-electron chi connectivity index (χ4n) is 10.4. The predicted molar refractivity (Wildman–Crippen MR) is 288 cm³/mol. The van der Waals surface area contributed by atoms with Crippen LogP contribution >= 0.6 is 0 Å². The Morgan fingerprint density at radius 2 is 0.292 bits per heavy atom. The minimum atomic E-state index is -0.895. The van der Waals surface area contributed by atoms with Gasteiger partial charge in [0, 0.05) is 5.97 Å². The maximum absolute atomic E-state index is 10.4. The summed E-state index contributed by atoms with van der Waals surface area (Å²) in [6.45, 7) is 2.31. The molecule has 0 aromatic heterocycles. The first-order valence-corrected chi connectivity index (χ1v) is 31.0. The Morgan fingerprint density at radius 1 is 0.200 bits per heavy atom. The molecule has 0 N–H and O–H groups in total. The summed E-state index contributed by atoms with van der Waals surface area (Å²) in [7, 11) is 0. The number of aliphatic carboxylic acids is 1. The van der Waals surface area contributed by atoms with Crippen molar-refractivity contribution in [3.63, 3.8) is 0 Å². The summed E-state index contributed by atoms with van der Waals surface area (Å²) in [5.74, 6) is -0.895. The smallest absolute Gasteiger partial charge is 0.550 e. The van der Waals surface area contributed by atoms with Gasteiger partial charge < -0.3 is 9.90 Å². The summed E-state index contributed by atoms with van der Waals surface area (Å²) in [5, 5.41) is 10.4. The van der Waals surface area contributed by atoms with Crippen molar-refractivity contribution < 1.29 is 28.8 Å². The molecule has 0 spiro atoms. The summed E-state index contributed by atoms with van der Waals surface area (Å²) in [5.41, 5.74) is 0. The molecule has 0 amide bonds. The van der Waals surface area contributed by atoms with Crippen LogP contribution in [0, 0.1) is 0 Å². The van der Waals surface area contributed by atoms with Gasteiger partial charge in [0.25, 0.3) is 0 Å². The van der Waals surface area contributed by atoms with Crippen LogP contribution in [-0.2, 0) is 4.79 Å². The molecule has 0 fully saturated rings. The molecule has 0 aliphatic carbocycles. The van der Waals surface area contributed by atoms with Gasteiger partial charge in [-0.05, 0) is 12.8 Å². The monoisotopic (exact) mass is 907 g/mol. The van der Waals surface area contributed by atoms with Crippen LogP contribution in [0.25, 0.3) is 0 Å². The molecule has 0 atom stereocenters. The molecule has 0 radical (unpaired) electrons. The zero-order valence-electron chi connectivity index (χ0n) is 45.7. The zero-order valence-corrected chi connectivity index (χ0v) is 45.7. The summed E-state index contributed by atoms with van der Waals surface area (Å²) in [4.78, 5) is 10.4. The number of carbonyl (C=O) groups excluding carboxylic acids is 1. The van der Waals surface area contributed by atoms with Crippen LogP contribution in [0.4, 0.5) is 0 Å². The van der Waals surface area contributed by atoms with Crippen molar-refractivity contribution in [2.75, 3.05) is 0 Å². The third kappa shape index (κ3) is 66.2. The predicted octanol–water partition coefficient (Wildman–Crippen LogP) is 19.2. The fourth-order valence-corrected chi connectivity index (χ4v) is 10.4. The van der Waals surface area contributed by atoms with E-state index in [1.54, 1.807) is 0 Å². The van der Waals surface area contributed by atoms with E-state index >= 15 is 0 Å². The number of unbranched alkanes of at least 4 members (excludes halogenated alkanes) is 58. The Hall–Kier alpha value is 0.0674. The van der Waals surface area contributed by atoms with Crippen molar-refractivity contribution in [1.29, 1.82) is 0 Å². The maximum atomic E-state index is 10.4. The van der Waals surface area contributed by atoms with Crippen LogP contribution in [0.2, 0.25) is 0 Å². The zero-order chi connectivity index (χ0) is 46.0. The van der Waals surface area contributed by atoms with Gasteiger partial charge in [0.1, 0.15) is 0 Å². The van der Waals surface area contributed by atoms with Crippen molar-refractivity contribution in [2.45, 2.75) is 392 Å². The van der Waals surface area contributed by atoms with Crippen LogP contribution in [0.1, 0.15) is 392 Å². The molecule has 0 aliphatic heterocycles. The standard InChI is InChI=1S/C62H124O2.Li/c1-2-3-4-5-6-7-8-9-10-11-12-13-14-15-16-17-18-19-20-21-22-23-24-25-26-27-28-29-30-31-32-33-34-35-36-37-38-39-40-41-42-43-44-45-46-47-48-49-50-51-52-53-54-55-56-57-58-59-60-61-62(63)64;/h2-61H2,1H3,(H,63,64);/q;+1/p-1. The van der Waals surface area contributed by atoms with E-state index in [9.17, 15) is 9.90 Å². The summed E-state index contributed by atoms with van der Waals surface area (Å²) >= 11 is 0. The van der Waals surface area contributed by atoms with Gasteiger partial charge in [-0.1, -0.05) is 379 Å². The molecule has 65 heavy (non-hydrogen) atoms. The van der Waals surface area contributed by atoms with Crippen molar-refractivity contribution in [3.05, 3.63) is 0 Å². The Bertz CT molecular complexity index is 814. The summed E-state index contributed by atoms with van der Waals surface area (Å²) in [6, 6.07) is 0. The van der Waals surface area contributed by atoms with Crippen molar-refractivity contribution >= 4 is 5.97 Å². The second-order valence-electron chi connectivity index (χ2n) is 21.6. The fraction of sp³-hybridized carbons (Fsp3) is 0.984. The molecule has 0 aromatic rings. The molecule has 0 aromatic carbocycles. The maximum Gasteiger partial charge on any atom is 1.00 e. The largest absolute Gasteiger partial charge is 1.00 e. The Balaban J connectivity index is 0. The van der Waals surface area contributed by atoms with E-state index in [1.807, 2.05) is 0 Å². The van der Waals surface area contributed by atoms with Crippen molar-refractivity contribution in [3.8, 4) is 0 Å². The van der Waals surface area contributed by atoms with Gasteiger partial charge >= 0.3 is 18.9 Å². The molecule has 0 rings (SSSR count). The Kier molecular flexibility index (Phi) is 66.2. The third-order valence-electron chi connectivity index (χ3n) is 15.0. The van der Waals surface area contributed by atoms with E-state index in [0.29, 0.717) is 0 Å². The van der Waals surface area contributed by atoms with E-state index in [1.165, 1.54) is 366 Å². The van der Waals surface area contributed by atoms with Crippen molar-refractivity contribution in [2.24, 2.45) is 0 Å². The summed E-state index contributed by atoms with van der Waals surface area (Å²) in [6.07, 6.45) is 85.4. The van der Waals surface area contributed by atoms with E-state index in [2.05, 4.69) is 6.92 Å². The van der Waals surface area contributed by atoms with E-state index in [-0.39, 0.29) is 25.3 Å². The van der Waals surface area contributed by atoms with Crippen LogP contribution in [-0.4, -0.2) is 5.97 Å². The number of carboxylic acids is 1. The van der Waals surface area contributed by atoms with Crippen LogP contribution in [0.5, 0.6) is 0 Å². The minimum absolute atomic E-state index is 0. The van der Waals surface area contributed by atoms with Crippen LogP contribution in [0.3, 0.4) is 0 Å². The normalized spacial score (nSPS) is 11.5. The first kappa shape index (κ1) is 67.1. The van der Waals surface area contributed by atoms with Gasteiger partial charge in [-0.25, -0.2) is 0 Å². The average Bonchev–Trinajstić information content (AvgIpc) is 3.29. The van der Waals surface area contributed by atoms with Gasteiger partial charge in [-0.2, -0.15) is 0 Å². The number of carboxylic acid groups (broad SMARTS) is 1. The number of carbonyl (C=O) groups is 1. The second kappa shape index (κ2) is 64.1. The molecular formula is C62H123LiO2. The summed E-state index contributed by atoms with van der Waals surface area (Å²) < 4.78 is 0. The van der Waals surface area contributed by atoms with Crippen LogP contribution < -0.4 is 24.0 Å². The third-order valence-corrected chi connectivity index (χ3v) is 15.0. The Labute approximate surface area is 424 Å².